The van der Waals surface area contributed by atoms with Gasteiger partial charge in [-0.05, 0) is 34.6 Å². The van der Waals surface area contributed by atoms with Crippen LogP contribution in [0.2, 0.25) is 0 Å². The molecule has 0 heterocycles. The smallest absolute Gasteiger partial charge is 0.321 e. The zero-order valence-corrected chi connectivity index (χ0v) is 11.1. The fourth-order valence-electron chi connectivity index (χ4n) is 0.851. The highest BCUT2D eigenvalue weighted by atomic mass is 32.2. The molecule has 0 bridgehead atoms. The molecule has 0 aromatic rings. The molecular formula is C10H19NO4S. The average molecular weight is 249 g/mol. The van der Waals surface area contributed by atoms with Crippen molar-refractivity contribution in [2.24, 2.45) is 0 Å². The number of carboxylic acids is 1. The lowest BCUT2D eigenvalue weighted by atomic mass is 10.1. The molecule has 0 aliphatic rings. The van der Waals surface area contributed by atoms with Crippen LogP contribution in [-0.2, 0) is 20.4 Å². The number of hydrogen-bond donors (Lipinski definition) is 2. The summed E-state index contributed by atoms with van der Waals surface area (Å²) in [5.74, 6) is -1.87. The number of rotatable bonds is 4. The lowest BCUT2D eigenvalue weighted by molar-refractivity contribution is -0.139. The highest BCUT2D eigenvalue weighted by molar-refractivity contribution is 7.87. The molecular weight excluding hydrogens is 230 g/mol. The Labute approximate surface area is 98.1 Å². The van der Waals surface area contributed by atoms with E-state index in [9.17, 15) is 13.8 Å². The zero-order chi connectivity index (χ0) is 13.1. The van der Waals surface area contributed by atoms with Gasteiger partial charge in [-0.25, -0.2) is 0 Å². The Hall–Kier alpha value is -0.910. The van der Waals surface area contributed by atoms with Crippen molar-refractivity contribution in [1.29, 1.82) is 0 Å². The van der Waals surface area contributed by atoms with Gasteiger partial charge in [0.1, 0.15) is 10.5 Å². The van der Waals surface area contributed by atoms with E-state index in [1.807, 2.05) is 0 Å². The van der Waals surface area contributed by atoms with E-state index in [0.29, 0.717) is 0 Å². The summed E-state index contributed by atoms with van der Waals surface area (Å²) in [4.78, 5) is 22.2. The Kier molecular flexibility index (Phi) is 4.67. The van der Waals surface area contributed by atoms with Crippen molar-refractivity contribution < 1.29 is 18.9 Å². The Morgan fingerprint density at radius 1 is 1.19 bits per heavy atom. The number of carbonyl (C=O) groups is 2. The van der Waals surface area contributed by atoms with E-state index < -0.39 is 33.0 Å². The van der Waals surface area contributed by atoms with E-state index in [-0.39, 0.29) is 5.75 Å². The van der Waals surface area contributed by atoms with Gasteiger partial charge >= 0.3 is 5.97 Å². The maximum Gasteiger partial charge on any atom is 0.321 e. The maximum atomic E-state index is 11.7. The van der Waals surface area contributed by atoms with E-state index in [4.69, 9.17) is 5.11 Å². The van der Waals surface area contributed by atoms with Gasteiger partial charge in [0.25, 0.3) is 0 Å². The van der Waals surface area contributed by atoms with Crippen molar-refractivity contribution in [3.63, 3.8) is 0 Å². The Balaban J connectivity index is 4.48. The van der Waals surface area contributed by atoms with Crippen molar-refractivity contribution in [3.05, 3.63) is 0 Å². The van der Waals surface area contributed by atoms with Crippen LogP contribution in [0.5, 0.6) is 0 Å². The van der Waals surface area contributed by atoms with Gasteiger partial charge in [-0.15, -0.1) is 0 Å². The third-order valence-electron chi connectivity index (χ3n) is 1.86. The van der Waals surface area contributed by atoms with Gasteiger partial charge in [-0.2, -0.15) is 0 Å². The van der Waals surface area contributed by atoms with Crippen molar-refractivity contribution >= 4 is 22.7 Å². The number of carboxylic acid groups (broad SMARTS) is 1. The molecule has 1 unspecified atom stereocenters. The maximum absolute atomic E-state index is 11.7. The molecule has 0 saturated heterocycles. The van der Waals surface area contributed by atoms with Crippen LogP contribution in [0.4, 0.5) is 0 Å². The van der Waals surface area contributed by atoms with Gasteiger partial charge in [-0.1, -0.05) is 0 Å². The second-order valence-electron chi connectivity index (χ2n) is 5.10. The quantitative estimate of drug-likeness (QED) is 0.760. The first-order valence-electron chi connectivity index (χ1n) is 4.89. The largest absolute Gasteiger partial charge is 0.480 e. The summed E-state index contributed by atoms with van der Waals surface area (Å²) in [5, 5.41) is 11.5. The van der Waals surface area contributed by atoms with Crippen LogP contribution in [0.1, 0.15) is 34.6 Å². The summed E-state index contributed by atoms with van der Waals surface area (Å²) in [5.41, 5.74) is -0.408. The van der Waals surface area contributed by atoms with Gasteiger partial charge in [0.15, 0.2) is 0 Å². The molecule has 0 spiro atoms. The van der Waals surface area contributed by atoms with Crippen LogP contribution >= 0.6 is 0 Å². The van der Waals surface area contributed by atoms with E-state index in [1.54, 1.807) is 20.8 Å². The molecule has 0 radical (unpaired) electrons. The van der Waals surface area contributed by atoms with Crippen LogP contribution in [0.3, 0.4) is 0 Å². The molecule has 16 heavy (non-hydrogen) atoms. The summed E-state index contributed by atoms with van der Waals surface area (Å²) in [6, 6.07) is 0. The predicted molar refractivity (Wildman–Crippen MR) is 62.6 cm³/mol. The third kappa shape index (κ3) is 4.74. The van der Waals surface area contributed by atoms with Gasteiger partial charge in [-0.3, -0.25) is 13.8 Å². The van der Waals surface area contributed by atoms with Crippen LogP contribution in [0.15, 0.2) is 0 Å². The fourth-order valence-corrected chi connectivity index (χ4v) is 1.72. The average Bonchev–Trinajstić information content (AvgIpc) is 1.99. The second-order valence-corrected chi connectivity index (χ2v) is 7.10. The highest BCUT2D eigenvalue weighted by Crippen LogP contribution is 2.13. The van der Waals surface area contributed by atoms with Gasteiger partial charge in [0.2, 0.25) is 5.91 Å². The molecule has 94 valence electrons. The molecule has 1 atom stereocenters. The van der Waals surface area contributed by atoms with Crippen LogP contribution in [0.25, 0.3) is 0 Å². The number of carbonyl (C=O) groups excluding carboxylic acids is 1. The molecule has 0 aromatic heterocycles. The first-order chi connectivity index (χ1) is 6.97. The summed E-state index contributed by atoms with van der Waals surface area (Å²) in [6.07, 6.45) is 0. The van der Waals surface area contributed by atoms with Crippen LogP contribution in [-0.4, -0.2) is 37.2 Å². The van der Waals surface area contributed by atoms with Crippen molar-refractivity contribution in [1.82, 2.24) is 5.32 Å². The van der Waals surface area contributed by atoms with Crippen molar-refractivity contribution in [2.45, 2.75) is 44.9 Å². The summed E-state index contributed by atoms with van der Waals surface area (Å²) in [7, 11) is -1.74. The summed E-state index contributed by atoms with van der Waals surface area (Å²) >= 11 is 0. The minimum Gasteiger partial charge on any atom is -0.480 e. The summed E-state index contributed by atoms with van der Waals surface area (Å²) < 4.78 is 10.3. The van der Waals surface area contributed by atoms with Crippen LogP contribution in [0, 0.1) is 0 Å². The molecule has 0 rings (SSSR count). The first kappa shape index (κ1) is 15.1. The molecule has 2 N–H and O–H groups in total. The molecule has 6 heteroatoms. The number of hydrogen-bond acceptors (Lipinski definition) is 3. The molecule has 0 aliphatic heterocycles. The lowest BCUT2D eigenvalue weighted by Crippen LogP contribution is -2.46. The molecule has 0 saturated carbocycles. The Morgan fingerprint density at radius 3 is 1.94 bits per heavy atom. The number of amides is 1. The molecule has 5 nitrogen and oxygen atoms in total. The standard InChI is InChI=1S/C10H19NO4S/c1-9(2,3)11-7(12)6-16(15)10(4,5)8(13)14/h6H2,1-5H3,(H,11,12)(H,13,14). The van der Waals surface area contributed by atoms with E-state index in [0.717, 1.165) is 0 Å². The Morgan fingerprint density at radius 2 is 1.62 bits per heavy atom. The lowest BCUT2D eigenvalue weighted by Gasteiger charge is -2.22. The topological polar surface area (TPSA) is 83.5 Å². The summed E-state index contributed by atoms with van der Waals surface area (Å²) in [6.45, 7) is 8.09. The normalized spacial score (nSPS) is 14.3. The molecule has 1 amide bonds. The minimum absolute atomic E-state index is 0.295. The number of aliphatic carboxylic acids is 1. The van der Waals surface area contributed by atoms with E-state index >= 15 is 0 Å². The number of nitrogens with one attached hydrogen (secondary N) is 1. The monoisotopic (exact) mass is 249 g/mol. The zero-order valence-electron chi connectivity index (χ0n) is 10.3. The molecule has 0 fully saturated rings. The predicted octanol–water partition coefficient (Wildman–Crippen LogP) is 0.513. The Bertz CT molecular complexity index is 317. The fraction of sp³-hybridized carbons (Fsp3) is 0.800. The van der Waals surface area contributed by atoms with Crippen molar-refractivity contribution in [3.8, 4) is 0 Å². The first-order valence-corrected chi connectivity index (χ1v) is 6.21. The van der Waals surface area contributed by atoms with Gasteiger partial charge in [0, 0.05) is 16.3 Å². The van der Waals surface area contributed by atoms with Gasteiger partial charge < -0.3 is 10.4 Å². The van der Waals surface area contributed by atoms with Crippen LogP contribution < -0.4 is 5.32 Å². The molecule has 0 aromatic carbocycles. The highest BCUT2D eigenvalue weighted by Gasteiger charge is 2.35. The second kappa shape index (κ2) is 4.95. The van der Waals surface area contributed by atoms with E-state index in [2.05, 4.69) is 5.32 Å². The SMILES string of the molecule is CC(C)(C)NC(=O)CS(=O)C(C)(C)C(=O)O. The van der Waals surface area contributed by atoms with Crippen molar-refractivity contribution in [2.75, 3.05) is 5.75 Å². The van der Waals surface area contributed by atoms with E-state index in [1.165, 1.54) is 13.8 Å². The van der Waals surface area contributed by atoms with Gasteiger partial charge in [0.05, 0.1) is 0 Å². The minimum atomic E-state index is -1.74. The molecule has 0 aliphatic carbocycles. The third-order valence-corrected chi connectivity index (χ3v) is 3.70.